The molecule has 0 spiro atoms. The molecule has 57 heavy (non-hydrogen) atoms. The molecule has 0 saturated heterocycles. The molecule has 1 aliphatic heterocycles. The number of hydrogen-bond donors (Lipinski definition) is 2. The maximum absolute atomic E-state index is 6.88. The quantitative estimate of drug-likeness (QED) is 0.179. The van der Waals surface area contributed by atoms with E-state index < -0.39 is 0 Å². The Morgan fingerprint density at radius 1 is 0.421 bits per heavy atom. The average molecular weight is 732 g/mol. The zero-order valence-corrected chi connectivity index (χ0v) is 31.1. The molecule has 0 bridgehead atoms. The minimum Gasteiger partial charge on any atom is -0.455 e. The van der Waals surface area contributed by atoms with E-state index in [1.807, 2.05) is 0 Å². The van der Waals surface area contributed by atoms with Gasteiger partial charge in [-0.1, -0.05) is 176 Å². The van der Waals surface area contributed by atoms with Crippen LogP contribution >= 0.6 is 0 Å². The van der Waals surface area contributed by atoms with Crippen molar-refractivity contribution < 1.29 is 4.42 Å². The van der Waals surface area contributed by atoms with E-state index in [0.29, 0.717) is 0 Å². The molecule has 0 saturated carbocycles. The largest absolute Gasteiger partial charge is 0.455 e. The molecule has 10 aromatic rings. The Kier molecular flexibility index (Phi) is 8.01. The molecule has 1 aromatic heterocycles. The summed E-state index contributed by atoms with van der Waals surface area (Å²) in [5.41, 5.74) is 12.0. The van der Waals surface area contributed by atoms with Gasteiger partial charge in [0.15, 0.2) is 0 Å². The Balaban J connectivity index is 1.03. The highest BCUT2D eigenvalue weighted by molar-refractivity contribution is 6.24. The van der Waals surface area contributed by atoms with Crippen molar-refractivity contribution in [2.75, 3.05) is 0 Å². The van der Waals surface area contributed by atoms with Crippen molar-refractivity contribution in [2.45, 2.75) is 12.3 Å². The Morgan fingerprint density at radius 2 is 1.05 bits per heavy atom. The standard InChI is InChI=1S/C53H37N3O/c1-3-13-34(14-4-1)39-20-11-21-40(31-39)41-29-30-46-48(33-41)57-50-45-23-10-8-18-42(45)32-47(49(46)50)53-55-51(37-16-5-2-6-17-37)54-52(56-53)38-27-25-36(26-28-38)44-24-12-19-35-15-7-9-22-43(35)44/h1-33,51-52,54H,(H,55,56). The van der Waals surface area contributed by atoms with Crippen molar-refractivity contribution in [3.63, 3.8) is 0 Å². The third-order valence-electron chi connectivity index (χ3n) is 11.3. The third kappa shape index (κ3) is 5.95. The first-order valence-electron chi connectivity index (χ1n) is 19.5. The summed E-state index contributed by atoms with van der Waals surface area (Å²) in [6, 6.07) is 71.1. The van der Waals surface area contributed by atoms with Crippen LogP contribution in [0.15, 0.2) is 210 Å². The molecule has 0 radical (unpaired) electrons. The summed E-state index contributed by atoms with van der Waals surface area (Å²) in [4.78, 5) is 5.40. The first kappa shape index (κ1) is 33.1. The van der Waals surface area contributed by atoms with E-state index in [1.165, 1.54) is 33.0 Å². The van der Waals surface area contributed by atoms with Crippen LogP contribution in [0.1, 0.15) is 29.0 Å². The number of furan rings is 1. The number of nitrogens with one attached hydrogen (secondary N) is 2. The predicted octanol–water partition coefficient (Wildman–Crippen LogP) is 13.2. The van der Waals surface area contributed by atoms with Gasteiger partial charge in [-0.05, 0) is 84.9 Å². The number of hydrogen-bond acceptors (Lipinski definition) is 4. The summed E-state index contributed by atoms with van der Waals surface area (Å²) in [6.45, 7) is 0. The van der Waals surface area contributed by atoms with Crippen molar-refractivity contribution in [1.29, 1.82) is 0 Å². The molecule has 2 atom stereocenters. The summed E-state index contributed by atoms with van der Waals surface area (Å²) < 4.78 is 6.88. The number of aliphatic imine (C=N–C) groups is 1. The molecule has 1 aliphatic rings. The average Bonchev–Trinajstić information content (AvgIpc) is 3.68. The van der Waals surface area contributed by atoms with E-state index in [9.17, 15) is 0 Å². The zero-order valence-electron chi connectivity index (χ0n) is 31.1. The maximum Gasteiger partial charge on any atom is 0.143 e. The van der Waals surface area contributed by atoms with E-state index in [-0.39, 0.29) is 12.3 Å². The normalized spacial score (nSPS) is 15.5. The van der Waals surface area contributed by atoms with Gasteiger partial charge in [0.05, 0.1) is 0 Å². The fraction of sp³-hybridized carbons (Fsp3) is 0.0377. The van der Waals surface area contributed by atoms with Crippen molar-refractivity contribution in [2.24, 2.45) is 4.99 Å². The van der Waals surface area contributed by atoms with Gasteiger partial charge in [0.2, 0.25) is 0 Å². The van der Waals surface area contributed by atoms with Crippen molar-refractivity contribution >= 4 is 49.3 Å². The SMILES string of the molecule is c1ccc(-c2cccc(-c3ccc4c(c3)oc3c5ccccc5cc(C5=NC(c6ccccc6)NC(c6ccc(-c7cccc8ccccc78)cc6)N5)c43)c2)cc1. The minimum absolute atomic E-state index is 0.201. The second-order valence-corrected chi connectivity index (χ2v) is 14.8. The molecule has 2 N–H and O–H groups in total. The van der Waals surface area contributed by atoms with Crippen molar-refractivity contribution in [1.82, 2.24) is 10.6 Å². The van der Waals surface area contributed by atoms with Crippen LogP contribution in [0, 0.1) is 0 Å². The van der Waals surface area contributed by atoms with Crippen molar-refractivity contribution in [3.8, 4) is 33.4 Å². The molecular weight excluding hydrogens is 695 g/mol. The van der Waals surface area contributed by atoms with E-state index in [4.69, 9.17) is 9.41 Å². The molecule has 9 aromatic carbocycles. The lowest BCUT2D eigenvalue weighted by atomic mass is 9.96. The summed E-state index contributed by atoms with van der Waals surface area (Å²) in [7, 11) is 0. The summed E-state index contributed by atoms with van der Waals surface area (Å²) >= 11 is 0. The minimum atomic E-state index is -0.270. The highest BCUT2D eigenvalue weighted by Crippen LogP contribution is 2.40. The highest BCUT2D eigenvalue weighted by Gasteiger charge is 2.28. The lowest BCUT2D eigenvalue weighted by Gasteiger charge is -2.32. The molecule has 0 fully saturated rings. The van der Waals surface area contributed by atoms with Gasteiger partial charge in [-0.3, -0.25) is 5.32 Å². The first-order valence-corrected chi connectivity index (χ1v) is 19.5. The second kappa shape index (κ2) is 13.8. The number of benzene rings is 9. The molecule has 11 rings (SSSR count). The first-order chi connectivity index (χ1) is 28.2. The Morgan fingerprint density at radius 3 is 1.88 bits per heavy atom. The lowest BCUT2D eigenvalue weighted by molar-refractivity contribution is 0.409. The van der Waals surface area contributed by atoms with E-state index in [2.05, 4.69) is 211 Å². The van der Waals surface area contributed by atoms with Gasteiger partial charge >= 0.3 is 0 Å². The van der Waals surface area contributed by atoms with E-state index >= 15 is 0 Å². The van der Waals surface area contributed by atoms with Crippen LogP contribution in [0.2, 0.25) is 0 Å². The van der Waals surface area contributed by atoms with Gasteiger partial charge in [0, 0.05) is 21.7 Å². The maximum atomic E-state index is 6.88. The molecule has 4 nitrogen and oxygen atoms in total. The van der Waals surface area contributed by atoms with Crippen LogP contribution < -0.4 is 10.6 Å². The van der Waals surface area contributed by atoms with Crippen LogP contribution in [0.4, 0.5) is 0 Å². The van der Waals surface area contributed by atoms with Crippen molar-refractivity contribution in [3.05, 3.63) is 217 Å². The Bertz CT molecular complexity index is 3120. The molecular formula is C53H37N3O. The number of amidine groups is 1. The van der Waals surface area contributed by atoms with Gasteiger partial charge < -0.3 is 9.73 Å². The zero-order chi connectivity index (χ0) is 37.7. The van der Waals surface area contributed by atoms with Crippen LogP contribution in [-0.2, 0) is 0 Å². The predicted molar refractivity (Wildman–Crippen MR) is 236 cm³/mol. The van der Waals surface area contributed by atoms with E-state index in [0.717, 1.165) is 66.4 Å². The van der Waals surface area contributed by atoms with Crippen LogP contribution in [-0.4, -0.2) is 5.84 Å². The number of fused-ring (bicyclic) bond motifs is 6. The fourth-order valence-corrected chi connectivity index (χ4v) is 8.49. The van der Waals surface area contributed by atoms with Gasteiger partial charge in [0.1, 0.15) is 29.3 Å². The van der Waals surface area contributed by atoms with Crippen LogP contribution in [0.3, 0.4) is 0 Å². The van der Waals surface area contributed by atoms with Gasteiger partial charge in [-0.25, -0.2) is 4.99 Å². The molecule has 2 heterocycles. The Labute approximate surface area is 330 Å². The monoisotopic (exact) mass is 731 g/mol. The highest BCUT2D eigenvalue weighted by atomic mass is 16.3. The molecule has 270 valence electrons. The van der Waals surface area contributed by atoms with Gasteiger partial charge in [-0.2, -0.15) is 0 Å². The Hall–Kier alpha value is -7.27. The summed E-state index contributed by atoms with van der Waals surface area (Å²) in [5, 5.41) is 14.4. The summed E-state index contributed by atoms with van der Waals surface area (Å²) in [6.07, 6.45) is -0.471. The summed E-state index contributed by atoms with van der Waals surface area (Å²) in [5.74, 6) is 0.823. The van der Waals surface area contributed by atoms with E-state index in [1.54, 1.807) is 0 Å². The molecule has 0 amide bonds. The second-order valence-electron chi connectivity index (χ2n) is 14.8. The number of rotatable bonds is 6. The van der Waals surface area contributed by atoms with Crippen LogP contribution in [0.25, 0.3) is 76.9 Å². The molecule has 0 aliphatic carbocycles. The number of nitrogens with zero attached hydrogens (tertiary/aromatic N) is 1. The topological polar surface area (TPSA) is 49.6 Å². The van der Waals surface area contributed by atoms with Gasteiger partial charge in [0.25, 0.3) is 0 Å². The molecule has 2 unspecified atom stereocenters. The fourth-order valence-electron chi connectivity index (χ4n) is 8.49. The smallest absolute Gasteiger partial charge is 0.143 e. The molecule has 4 heteroatoms. The van der Waals surface area contributed by atoms with Gasteiger partial charge in [-0.15, -0.1) is 0 Å². The lowest BCUT2D eigenvalue weighted by Crippen LogP contribution is -2.45. The third-order valence-corrected chi connectivity index (χ3v) is 11.3. The van der Waals surface area contributed by atoms with Crippen LogP contribution in [0.5, 0.6) is 0 Å².